The summed E-state index contributed by atoms with van der Waals surface area (Å²) in [6.07, 6.45) is 3.97. The number of anilines is 5. The Labute approximate surface area is 332 Å². The van der Waals surface area contributed by atoms with Crippen LogP contribution in [0.2, 0.25) is 0 Å². The zero-order chi connectivity index (χ0) is 37.5. The molecule has 0 saturated heterocycles. The SMILES string of the molecule is C1=C(N(c2ccccc2)c2cc3oc4ccc5ccccc5c4c3cc2N(c2ccccc2)c2cccc3c2sc2ccccc23)CCc2c1oc1ccccc21. The standard InChI is InChI=1S/C52H34N2O2S/c1-3-15-34(16-4-1)53(36-27-28-39-38-20-9-11-24-46(38)55-48(39)30-36)45-32-49-42(51-37-19-8-7-14-33(37)26-29-47(51)56-49)31-44(45)54(35-17-5-2-6-18-35)43-23-13-22-41-40-21-10-12-25-50(40)57-52(41)43/h1-26,29-32H,27-28H2. The molecule has 57 heavy (non-hydrogen) atoms. The molecule has 11 aromatic rings. The van der Waals surface area contributed by atoms with Gasteiger partial charge in [-0.25, -0.2) is 0 Å². The molecule has 5 heteroatoms. The molecule has 1 aliphatic carbocycles. The van der Waals surface area contributed by atoms with Crippen LogP contribution >= 0.6 is 11.3 Å². The predicted molar refractivity (Wildman–Crippen MR) is 240 cm³/mol. The van der Waals surface area contributed by atoms with Crippen LogP contribution in [0.1, 0.15) is 17.7 Å². The summed E-state index contributed by atoms with van der Waals surface area (Å²) in [6.45, 7) is 0. The normalized spacial score (nSPS) is 12.9. The van der Waals surface area contributed by atoms with Crippen molar-refractivity contribution in [1.82, 2.24) is 0 Å². The number of para-hydroxylation sites is 3. The van der Waals surface area contributed by atoms with Gasteiger partial charge in [0.1, 0.15) is 22.5 Å². The summed E-state index contributed by atoms with van der Waals surface area (Å²) in [5, 5.41) is 8.29. The van der Waals surface area contributed by atoms with Gasteiger partial charge in [-0.3, -0.25) is 0 Å². The van der Waals surface area contributed by atoms with Gasteiger partial charge in [0.05, 0.1) is 21.8 Å². The Balaban J connectivity index is 1.20. The van der Waals surface area contributed by atoms with Gasteiger partial charge in [-0.15, -0.1) is 11.3 Å². The van der Waals surface area contributed by atoms with Crippen molar-refractivity contribution in [3.05, 3.63) is 193 Å². The van der Waals surface area contributed by atoms with E-state index < -0.39 is 0 Å². The Bertz CT molecular complexity index is 3370. The van der Waals surface area contributed by atoms with Gasteiger partial charge >= 0.3 is 0 Å². The molecule has 270 valence electrons. The minimum atomic E-state index is 0.838. The fourth-order valence-electron chi connectivity index (χ4n) is 9.00. The highest BCUT2D eigenvalue weighted by atomic mass is 32.1. The fourth-order valence-corrected chi connectivity index (χ4v) is 10.2. The molecule has 1 aliphatic rings. The van der Waals surface area contributed by atoms with E-state index in [9.17, 15) is 0 Å². The highest BCUT2D eigenvalue weighted by Gasteiger charge is 2.29. The zero-order valence-corrected chi connectivity index (χ0v) is 31.7. The van der Waals surface area contributed by atoms with Crippen molar-refractivity contribution in [1.29, 1.82) is 0 Å². The molecule has 0 spiro atoms. The predicted octanol–water partition coefficient (Wildman–Crippen LogP) is 15.4. The van der Waals surface area contributed by atoms with Crippen molar-refractivity contribution in [2.45, 2.75) is 12.8 Å². The second-order valence-corrected chi connectivity index (χ2v) is 15.8. The van der Waals surface area contributed by atoms with E-state index in [1.807, 2.05) is 17.4 Å². The minimum absolute atomic E-state index is 0.838. The summed E-state index contributed by atoms with van der Waals surface area (Å²) >= 11 is 1.85. The molecule has 0 aliphatic heterocycles. The maximum absolute atomic E-state index is 6.85. The van der Waals surface area contributed by atoms with Gasteiger partial charge in [-0.1, -0.05) is 115 Å². The molecule has 4 nitrogen and oxygen atoms in total. The van der Waals surface area contributed by atoms with Gasteiger partial charge < -0.3 is 18.6 Å². The first-order valence-corrected chi connectivity index (χ1v) is 20.3. The van der Waals surface area contributed by atoms with Gasteiger partial charge in [0.25, 0.3) is 0 Å². The molecule has 8 aromatic carbocycles. The van der Waals surface area contributed by atoms with Crippen molar-refractivity contribution in [2.24, 2.45) is 0 Å². The Hall–Kier alpha value is -7.08. The number of benzene rings is 8. The molecule has 12 rings (SSSR count). The topological polar surface area (TPSA) is 32.8 Å². The van der Waals surface area contributed by atoms with Crippen LogP contribution in [-0.4, -0.2) is 0 Å². The molecule has 0 amide bonds. The van der Waals surface area contributed by atoms with Crippen LogP contribution in [0.15, 0.2) is 190 Å². The molecule has 0 fully saturated rings. The van der Waals surface area contributed by atoms with Gasteiger partial charge in [-0.2, -0.15) is 0 Å². The lowest BCUT2D eigenvalue weighted by atomic mass is 9.97. The maximum Gasteiger partial charge on any atom is 0.137 e. The Morgan fingerprint density at radius 2 is 1.12 bits per heavy atom. The van der Waals surface area contributed by atoms with E-state index in [4.69, 9.17) is 8.83 Å². The van der Waals surface area contributed by atoms with Crippen molar-refractivity contribution in [3.63, 3.8) is 0 Å². The zero-order valence-electron chi connectivity index (χ0n) is 30.9. The summed E-state index contributed by atoms with van der Waals surface area (Å²) in [7, 11) is 0. The van der Waals surface area contributed by atoms with Gasteiger partial charge in [0, 0.05) is 66.4 Å². The maximum atomic E-state index is 6.85. The molecule has 3 aromatic heterocycles. The van der Waals surface area contributed by atoms with Crippen LogP contribution in [-0.2, 0) is 6.42 Å². The van der Waals surface area contributed by atoms with Crippen LogP contribution in [0.3, 0.4) is 0 Å². The summed E-state index contributed by atoms with van der Waals surface area (Å²) in [4.78, 5) is 4.89. The van der Waals surface area contributed by atoms with Crippen LogP contribution < -0.4 is 9.80 Å². The average Bonchev–Trinajstić information content (AvgIpc) is 3.96. The fraction of sp³-hybridized carbons (Fsp3) is 0.0385. The van der Waals surface area contributed by atoms with Crippen LogP contribution in [0.25, 0.3) is 69.9 Å². The van der Waals surface area contributed by atoms with Crippen molar-refractivity contribution < 1.29 is 8.83 Å². The number of nitrogens with zero attached hydrogens (tertiary/aromatic N) is 2. The molecule has 0 unspecified atom stereocenters. The largest absolute Gasteiger partial charge is 0.456 e. The van der Waals surface area contributed by atoms with Crippen molar-refractivity contribution >= 4 is 110 Å². The monoisotopic (exact) mass is 750 g/mol. The lowest BCUT2D eigenvalue weighted by molar-refractivity contribution is 0.593. The number of allylic oxidation sites excluding steroid dienone is 1. The van der Waals surface area contributed by atoms with Crippen molar-refractivity contribution in [2.75, 3.05) is 9.80 Å². The third-order valence-electron chi connectivity index (χ3n) is 11.5. The Kier molecular flexibility index (Phi) is 7.19. The Morgan fingerprint density at radius 3 is 1.96 bits per heavy atom. The second-order valence-electron chi connectivity index (χ2n) is 14.8. The molecule has 0 bridgehead atoms. The molecule has 0 saturated carbocycles. The number of hydrogen-bond donors (Lipinski definition) is 0. The van der Waals surface area contributed by atoms with Gasteiger partial charge in [0.2, 0.25) is 0 Å². The molecular weight excluding hydrogens is 717 g/mol. The lowest BCUT2D eigenvalue weighted by Gasteiger charge is -2.35. The van der Waals surface area contributed by atoms with E-state index in [-0.39, 0.29) is 0 Å². The smallest absolute Gasteiger partial charge is 0.137 e. The second kappa shape index (κ2) is 12.7. The van der Waals surface area contributed by atoms with E-state index in [1.165, 1.54) is 41.9 Å². The highest BCUT2D eigenvalue weighted by Crippen LogP contribution is 2.52. The molecule has 0 atom stereocenters. The first-order chi connectivity index (χ1) is 28.3. The number of fused-ring (bicyclic) bond motifs is 11. The third-order valence-corrected chi connectivity index (χ3v) is 12.7. The van der Waals surface area contributed by atoms with E-state index in [1.54, 1.807) is 0 Å². The minimum Gasteiger partial charge on any atom is -0.456 e. The van der Waals surface area contributed by atoms with E-state index in [2.05, 4.69) is 186 Å². The number of aryl methyl sites for hydroxylation is 1. The first kappa shape index (κ1) is 32.2. The number of furan rings is 2. The molecule has 0 N–H and O–H groups in total. The van der Waals surface area contributed by atoms with Crippen LogP contribution in [0.4, 0.5) is 28.4 Å². The molecule has 0 radical (unpaired) electrons. The van der Waals surface area contributed by atoms with Crippen molar-refractivity contribution in [3.8, 4) is 0 Å². The van der Waals surface area contributed by atoms with E-state index in [0.29, 0.717) is 0 Å². The average molecular weight is 751 g/mol. The summed E-state index contributed by atoms with van der Waals surface area (Å²) in [6, 6.07) is 62.9. The van der Waals surface area contributed by atoms with Crippen LogP contribution in [0, 0.1) is 0 Å². The van der Waals surface area contributed by atoms with Gasteiger partial charge in [0.15, 0.2) is 0 Å². The molecular formula is C52H34N2O2S. The van der Waals surface area contributed by atoms with Gasteiger partial charge in [-0.05, 0) is 78.2 Å². The highest BCUT2D eigenvalue weighted by molar-refractivity contribution is 7.26. The summed E-state index contributed by atoms with van der Waals surface area (Å²) in [5.41, 5.74) is 10.4. The first-order valence-electron chi connectivity index (χ1n) is 19.5. The summed E-state index contributed by atoms with van der Waals surface area (Å²) in [5.74, 6) is 0.922. The number of hydrogen-bond acceptors (Lipinski definition) is 5. The number of thiophene rings is 1. The summed E-state index contributed by atoms with van der Waals surface area (Å²) < 4.78 is 15.9. The van der Waals surface area contributed by atoms with Crippen LogP contribution in [0.5, 0.6) is 0 Å². The van der Waals surface area contributed by atoms with E-state index >= 15 is 0 Å². The number of rotatable bonds is 6. The third kappa shape index (κ3) is 5.06. The lowest BCUT2D eigenvalue weighted by Crippen LogP contribution is -2.22. The quantitative estimate of drug-likeness (QED) is 0.169. The Morgan fingerprint density at radius 1 is 0.439 bits per heavy atom. The molecule has 3 heterocycles. The van der Waals surface area contributed by atoms with E-state index in [0.717, 1.165) is 80.3 Å².